The predicted octanol–water partition coefficient (Wildman–Crippen LogP) is 0.499. The summed E-state index contributed by atoms with van der Waals surface area (Å²) >= 11 is 1.77. The summed E-state index contributed by atoms with van der Waals surface area (Å²) in [6.07, 6.45) is 1.45. The van der Waals surface area contributed by atoms with Gasteiger partial charge in [-0.05, 0) is 25.5 Å². The molecule has 1 aliphatic rings. The van der Waals surface area contributed by atoms with E-state index in [9.17, 15) is 14.4 Å². The highest BCUT2D eigenvalue weighted by Gasteiger charge is 2.30. The Morgan fingerprint density at radius 2 is 2.05 bits per heavy atom. The zero-order chi connectivity index (χ0) is 14.5. The Morgan fingerprint density at radius 3 is 2.53 bits per heavy atom. The molecule has 1 saturated heterocycles. The highest BCUT2D eigenvalue weighted by Crippen LogP contribution is 2.36. The Hall–Kier alpha value is -1.44. The summed E-state index contributed by atoms with van der Waals surface area (Å²) < 4.78 is -0.0249. The molecule has 0 aromatic rings. The number of hydrogen-bond donors (Lipinski definition) is 4. The van der Waals surface area contributed by atoms with Crippen molar-refractivity contribution in [2.24, 2.45) is 0 Å². The molecule has 0 aromatic heterocycles. The van der Waals surface area contributed by atoms with E-state index in [4.69, 9.17) is 10.2 Å². The van der Waals surface area contributed by atoms with Crippen molar-refractivity contribution in [2.45, 2.75) is 37.0 Å². The summed E-state index contributed by atoms with van der Waals surface area (Å²) in [5.41, 5.74) is 0. The van der Waals surface area contributed by atoms with Gasteiger partial charge in [-0.2, -0.15) is 11.8 Å². The fourth-order valence-electron chi connectivity index (χ4n) is 1.83. The molecule has 0 aliphatic carbocycles. The van der Waals surface area contributed by atoms with E-state index < -0.39 is 30.4 Å². The summed E-state index contributed by atoms with van der Waals surface area (Å²) in [5.74, 6) is -1.58. The second kappa shape index (κ2) is 6.65. The quantitative estimate of drug-likeness (QED) is 0.566. The zero-order valence-electron chi connectivity index (χ0n) is 10.6. The maximum Gasteiger partial charge on any atom is 0.326 e. The van der Waals surface area contributed by atoms with Crippen LogP contribution in [0.4, 0.5) is 4.79 Å². The van der Waals surface area contributed by atoms with Crippen LogP contribution in [0.25, 0.3) is 0 Å². The molecule has 8 heteroatoms. The lowest BCUT2D eigenvalue weighted by Gasteiger charge is -2.23. The minimum Gasteiger partial charge on any atom is -0.481 e. The number of carboxylic acids is 2. The third kappa shape index (κ3) is 5.37. The van der Waals surface area contributed by atoms with Gasteiger partial charge in [-0.15, -0.1) is 0 Å². The predicted molar refractivity (Wildman–Crippen MR) is 70.3 cm³/mol. The van der Waals surface area contributed by atoms with Crippen molar-refractivity contribution in [2.75, 3.05) is 12.3 Å². The molecule has 4 N–H and O–H groups in total. The smallest absolute Gasteiger partial charge is 0.326 e. The van der Waals surface area contributed by atoms with E-state index in [2.05, 4.69) is 10.6 Å². The Kier molecular flexibility index (Phi) is 5.46. The molecule has 1 heterocycles. The number of aliphatic carboxylic acids is 2. The first-order chi connectivity index (χ1) is 8.82. The molecule has 0 radical (unpaired) electrons. The highest BCUT2D eigenvalue weighted by molar-refractivity contribution is 8.00. The molecule has 108 valence electrons. The van der Waals surface area contributed by atoms with E-state index in [-0.39, 0.29) is 4.75 Å². The van der Waals surface area contributed by atoms with E-state index in [0.29, 0.717) is 6.54 Å². The summed E-state index contributed by atoms with van der Waals surface area (Å²) in [5, 5.41) is 22.1. The first-order valence-corrected chi connectivity index (χ1v) is 6.94. The lowest BCUT2D eigenvalue weighted by atomic mass is 10.1. The monoisotopic (exact) mass is 290 g/mol. The van der Waals surface area contributed by atoms with Gasteiger partial charge in [0.25, 0.3) is 0 Å². The molecular weight excluding hydrogens is 272 g/mol. The van der Waals surface area contributed by atoms with Gasteiger partial charge < -0.3 is 20.8 Å². The summed E-state index contributed by atoms with van der Waals surface area (Å²) in [7, 11) is 0. The maximum atomic E-state index is 11.6. The fraction of sp³-hybridized carbons (Fsp3) is 0.727. The number of nitrogens with one attached hydrogen (secondary N) is 2. The molecule has 2 atom stereocenters. The number of hydrogen-bond acceptors (Lipinski definition) is 4. The summed E-state index contributed by atoms with van der Waals surface area (Å²) in [4.78, 5) is 32.8. The van der Waals surface area contributed by atoms with Crippen molar-refractivity contribution in [3.05, 3.63) is 0 Å². The lowest BCUT2D eigenvalue weighted by molar-refractivity contribution is -0.145. The Balaban J connectivity index is 2.40. The van der Waals surface area contributed by atoms with Crippen LogP contribution in [0.2, 0.25) is 0 Å². The summed E-state index contributed by atoms with van der Waals surface area (Å²) in [6.45, 7) is 2.47. The molecule has 0 bridgehead atoms. The van der Waals surface area contributed by atoms with Crippen LogP contribution >= 0.6 is 11.8 Å². The average molecular weight is 290 g/mol. The molecule has 19 heavy (non-hydrogen) atoms. The zero-order valence-corrected chi connectivity index (χ0v) is 11.5. The van der Waals surface area contributed by atoms with Crippen LogP contribution in [0.1, 0.15) is 26.2 Å². The molecule has 7 nitrogen and oxygen atoms in total. The maximum absolute atomic E-state index is 11.6. The van der Waals surface area contributed by atoms with Crippen LogP contribution in [-0.4, -0.2) is 51.3 Å². The van der Waals surface area contributed by atoms with Crippen molar-refractivity contribution >= 4 is 29.7 Å². The van der Waals surface area contributed by atoms with Gasteiger partial charge in [0.2, 0.25) is 0 Å². The van der Waals surface area contributed by atoms with E-state index in [1.54, 1.807) is 11.8 Å². The van der Waals surface area contributed by atoms with Crippen molar-refractivity contribution in [1.82, 2.24) is 10.6 Å². The number of carboxylic acid groups (broad SMARTS) is 2. The second-order valence-corrected chi connectivity index (χ2v) is 6.40. The lowest BCUT2D eigenvalue weighted by Crippen LogP contribution is -2.49. The fourth-order valence-corrected chi connectivity index (χ4v) is 3.07. The van der Waals surface area contributed by atoms with Crippen LogP contribution in [0.15, 0.2) is 0 Å². The van der Waals surface area contributed by atoms with Gasteiger partial charge in [-0.25, -0.2) is 9.59 Å². The van der Waals surface area contributed by atoms with Crippen LogP contribution in [0, 0.1) is 0 Å². The number of carbonyl (C=O) groups excluding carboxylic acids is 1. The number of carbonyl (C=O) groups is 3. The Bertz CT molecular complexity index is 368. The minimum atomic E-state index is -1.42. The average Bonchev–Trinajstić information content (AvgIpc) is 2.73. The van der Waals surface area contributed by atoms with Crippen LogP contribution < -0.4 is 10.6 Å². The van der Waals surface area contributed by atoms with Crippen molar-refractivity contribution in [3.8, 4) is 0 Å². The first kappa shape index (κ1) is 15.6. The van der Waals surface area contributed by atoms with Gasteiger partial charge in [0.1, 0.15) is 6.04 Å². The Morgan fingerprint density at radius 1 is 1.37 bits per heavy atom. The largest absolute Gasteiger partial charge is 0.481 e. The highest BCUT2D eigenvalue weighted by atomic mass is 32.2. The normalized spacial score (nSPS) is 23.6. The van der Waals surface area contributed by atoms with Gasteiger partial charge in [-0.3, -0.25) is 4.79 Å². The number of thioether (sulfide) groups is 1. The van der Waals surface area contributed by atoms with E-state index in [0.717, 1.165) is 18.6 Å². The molecule has 1 fully saturated rings. The Labute approximate surface area is 115 Å². The molecule has 1 rings (SSSR count). The number of amides is 2. The van der Waals surface area contributed by atoms with Crippen molar-refractivity contribution in [1.29, 1.82) is 0 Å². The van der Waals surface area contributed by atoms with Crippen LogP contribution in [-0.2, 0) is 9.59 Å². The molecular formula is C11H18N2O5S. The van der Waals surface area contributed by atoms with E-state index >= 15 is 0 Å². The van der Waals surface area contributed by atoms with Crippen LogP contribution in [0.3, 0.4) is 0 Å². The van der Waals surface area contributed by atoms with Crippen LogP contribution in [0.5, 0.6) is 0 Å². The molecule has 0 saturated carbocycles. The van der Waals surface area contributed by atoms with Gasteiger partial charge in [0.15, 0.2) is 0 Å². The van der Waals surface area contributed by atoms with E-state index in [1.165, 1.54) is 0 Å². The van der Waals surface area contributed by atoms with Gasteiger partial charge in [0.05, 0.1) is 6.42 Å². The third-order valence-corrected chi connectivity index (χ3v) is 4.44. The molecule has 2 unspecified atom stereocenters. The molecule has 2 amide bonds. The van der Waals surface area contributed by atoms with Gasteiger partial charge in [-0.1, -0.05) is 0 Å². The van der Waals surface area contributed by atoms with Gasteiger partial charge in [0, 0.05) is 11.3 Å². The molecule has 0 aromatic carbocycles. The minimum absolute atomic E-state index is 0.0249. The molecule has 0 spiro atoms. The van der Waals surface area contributed by atoms with Gasteiger partial charge >= 0.3 is 18.0 Å². The second-order valence-electron chi connectivity index (χ2n) is 4.72. The first-order valence-electron chi connectivity index (χ1n) is 5.95. The number of rotatable bonds is 6. The SMILES string of the molecule is CC1(CNC(=O)NC(CC(=O)O)C(=O)O)CCCS1. The topological polar surface area (TPSA) is 116 Å². The number of urea groups is 1. The van der Waals surface area contributed by atoms with Crippen molar-refractivity contribution < 1.29 is 24.6 Å². The van der Waals surface area contributed by atoms with E-state index in [1.807, 2.05) is 6.92 Å². The van der Waals surface area contributed by atoms with Crippen molar-refractivity contribution in [3.63, 3.8) is 0 Å². The molecule has 1 aliphatic heterocycles. The standard InChI is InChI=1S/C11H18N2O5S/c1-11(3-2-4-19-11)6-12-10(18)13-7(9(16)17)5-8(14)15/h7H,2-6H2,1H3,(H,14,15)(H,16,17)(H2,12,13,18). The summed E-state index contributed by atoms with van der Waals surface area (Å²) in [6, 6.07) is -2.07. The third-order valence-electron chi connectivity index (χ3n) is 2.91.